The molecule has 5 rings (SSSR count). The Hall–Kier alpha value is -3.31. The lowest BCUT2D eigenvalue weighted by Gasteiger charge is -2.37. The van der Waals surface area contributed by atoms with Crippen LogP contribution in [-0.4, -0.2) is 54.9 Å². The third-order valence-electron chi connectivity index (χ3n) is 8.32. The second-order valence-corrected chi connectivity index (χ2v) is 14.3. The molecule has 42 heavy (non-hydrogen) atoms. The lowest BCUT2D eigenvalue weighted by Crippen LogP contribution is -2.40. The number of hydrogen-bond donors (Lipinski definition) is 2. The molecule has 222 valence electrons. The first-order chi connectivity index (χ1) is 19.8. The van der Waals surface area contributed by atoms with E-state index in [9.17, 15) is 19.3 Å². The van der Waals surface area contributed by atoms with Crippen LogP contribution in [0.15, 0.2) is 59.1 Å². The Morgan fingerprint density at radius 1 is 1.12 bits per heavy atom. The van der Waals surface area contributed by atoms with Crippen LogP contribution >= 0.6 is 23.4 Å². The summed E-state index contributed by atoms with van der Waals surface area (Å²) < 4.78 is 36.8. The summed E-state index contributed by atoms with van der Waals surface area (Å²) in [4.78, 5) is 26.4. The number of nitrogens with one attached hydrogen (secondary N) is 2. The Kier molecular flexibility index (Phi) is 8.19. The fraction of sp³-hybridized carbons (Fsp3) is 0.345. The molecule has 0 unspecified atom stereocenters. The average Bonchev–Trinajstić information content (AvgIpc) is 3.13. The second kappa shape index (κ2) is 11.4. The number of rotatable bonds is 7. The molecule has 0 spiro atoms. The quantitative estimate of drug-likeness (QED) is 0.177. The Morgan fingerprint density at radius 3 is 2.40 bits per heavy atom. The van der Waals surface area contributed by atoms with E-state index in [2.05, 4.69) is 52.0 Å². The monoisotopic (exact) mass is 659 g/mol. The Labute approximate surface area is 252 Å². The number of nitrogens with zero attached hydrogens (tertiary/aromatic N) is 3. The summed E-state index contributed by atoms with van der Waals surface area (Å²) >= 11 is 3.41. The van der Waals surface area contributed by atoms with E-state index >= 15 is 4.57 Å². The predicted octanol–water partition coefficient (Wildman–Crippen LogP) is 6.13. The standard InChI is InChI=1S/C29H32BrFN5O5P/c1-18-29(2,3)22-16-27(25(17-26(22)34(18)4)32-28(37)19-5-7-20(31)8-6-19)42(40,35-11-13-41-14-12-35)33-24-10-9-21(36(38)39)15-23(24)30/h5-10,15-18H,11-14H2,1-4H3,(H,32,37)(H,33,40)/t18-,42+/m1/s1. The first-order valence-electron chi connectivity index (χ1n) is 13.5. The predicted molar refractivity (Wildman–Crippen MR) is 166 cm³/mol. The molecular weight excluding hydrogens is 628 g/mol. The van der Waals surface area contributed by atoms with Crippen molar-refractivity contribution in [2.24, 2.45) is 0 Å². The Balaban J connectivity index is 1.69. The highest BCUT2D eigenvalue weighted by Crippen LogP contribution is 2.54. The van der Waals surface area contributed by atoms with Crippen LogP contribution in [0.25, 0.3) is 0 Å². The van der Waals surface area contributed by atoms with Crippen molar-refractivity contribution < 1.29 is 23.4 Å². The summed E-state index contributed by atoms with van der Waals surface area (Å²) in [5.41, 5.74) is 2.45. The van der Waals surface area contributed by atoms with Crippen LogP contribution in [0.4, 0.5) is 27.1 Å². The molecule has 2 heterocycles. The number of amides is 1. The van der Waals surface area contributed by atoms with E-state index in [1.165, 1.54) is 42.5 Å². The number of non-ortho nitro benzene ring substituents is 1. The number of carbonyl (C=O) groups is 1. The van der Waals surface area contributed by atoms with E-state index in [4.69, 9.17) is 4.74 Å². The summed E-state index contributed by atoms with van der Waals surface area (Å²) in [5.74, 6) is -0.938. The van der Waals surface area contributed by atoms with Crippen LogP contribution in [0.5, 0.6) is 0 Å². The number of benzene rings is 3. The first-order valence-corrected chi connectivity index (χ1v) is 15.9. The molecule has 0 bridgehead atoms. The smallest absolute Gasteiger partial charge is 0.270 e. The van der Waals surface area contributed by atoms with Gasteiger partial charge in [0.25, 0.3) is 19.0 Å². The van der Waals surface area contributed by atoms with Gasteiger partial charge in [-0.25, -0.2) is 9.06 Å². The molecular formula is C29H32BrFN5O5P. The summed E-state index contributed by atoms with van der Waals surface area (Å²) in [5, 5.41) is 17.9. The summed E-state index contributed by atoms with van der Waals surface area (Å²) in [6.07, 6.45) is 0. The number of nitro groups is 1. The maximum Gasteiger partial charge on any atom is 0.270 e. The molecule has 2 aliphatic heterocycles. The SMILES string of the molecule is C[C@H]1N(C)c2cc(NC(=O)c3ccc(F)cc3)c([P@](=O)(Nc3ccc([N+](=O)[O-])cc3Br)N3CCOCC3)cc2C1(C)C. The van der Waals surface area contributed by atoms with Crippen molar-refractivity contribution >= 4 is 57.3 Å². The molecule has 0 radical (unpaired) electrons. The Morgan fingerprint density at radius 2 is 1.79 bits per heavy atom. The number of fused-ring (bicyclic) bond motifs is 1. The normalized spacial score (nSPS) is 19.6. The van der Waals surface area contributed by atoms with E-state index in [1.807, 2.05) is 23.9 Å². The number of morpholine rings is 1. The van der Waals surface area contributed by atoms with E-state index in [0.717, 1.165) is 11.3 Å². The van der Waals surface area contributed by atoms with Crippen molar-refractivity contribution in [3.05, 3.63) is 86.1 Å². The van der Waals surface area contributed by atoms with Crippen molar-refractivity contribution in [1.29, 1.82) is 0 Å². The van der Waals surface area contributed by atoms with Crippen LogP contribution in [0, 0.1) is 15.9 Å². The van der Waals surface area contributed by atoms with E-state index < -0.39 is 24.1 Å². The Bertz CT molecular complexity index is 1600. The fourth-order valence-electron chi connectivity index (χ4n) is 5.44. The second-order valence-electron chi connectivity index (χ2n) is 11.0. The molecule has 0 aromatic heterocycles. The zero-order valence-electron chi connectivity index (χ0n) is 23.7. The molecule has 3 aromatic carbocycles. The summed E-state index contributed by atoms with van der Waals surface area (Å²) in [6.45, 7) is 7.81. The average molecular weight is 660 g/mol. The fourth-order valence-corrected chi connectivity index (χ4v) is 8.62. The topological polar surface area (TPSA) is 117 Å². The van der Waals surface area contributed by atoms with Gasteiger partial charge in [-0.1, -0.05) is 13.8 Å². The van der Waals surface area contributed by atoms with Gasteiger partial charge in [-0.15, -0.1) is 0 Å². The van der Waals surface area contributed by atoms with E-state index in [-0.39, 0.29) is 22.7 Å². The number of nitro benzene ring substituents is 1. The molecule has 2 N–H and O–H groups in total. The molecule has 2 atom stereocenters. The highest BCUT2D eigenvalue weighted by Gasteiger charge is 2.44. The highest BCUT2D eigenvalue weighted by molar-refractivity contribution is 9.10. The molecule has 0 aliphatic carbocycles. The number of anilines is 3. The maximum absolute atomic E-state index is 15.5. The van der Waals surface area contributed by atoms with Gasteiger partial charge in [0.05, 0.1) is 34.8 Å². The zero-order chi connectivity index (χ0) is 30.4. The minimum absolute atomic E-state index is 0.114. The first kappa shape index (κ1) is 30.2. The van der Waals surface area contributed by atoms with Crippen molar-refractivity contribution in [3.8, 4) is 0 Å². The molecule has 0 saturated carbocycles. The summed E-state index contributed by atoms with van der Waals surface area (Å²) in [6, 6.07) is 13.3. The summed E-state index contributed by atoms with van der Waals surface area (Å²) in [7, 11) is -1.76. The number of halogens is 2. The van der Waals surface area contributed by atoms with E-state index in [0.29, 0.717) is 47.5 Å². The van der Waals surface area contributed by atoms with Gasteiger partial charge in [0, 0.05) is 59.5 Å². The van der Waals surface area contributed by atoms with Crippen LogP contribution in [0.3, 0.4) is 0 Å². The van der Waals surface area contributed by atoms with Crippen molar-refractivity contribution in [3.63, 3.8) is 0 Å². The number of carbonyl (C=O) groups excluding carboxylic acids is 1. The van der Waals surface area contributed by atoms with Gasteiger partial charge >= 0.3 is 0 Å². The lowest BCUT2D eigenvalue weighted by molar-refractivity contribution is -0.384. The van der Waals surface area contributed by atoms with Crippen LogP contribution in [0.1, 0.15) is 36.7 Å². The van der Waals surface area contributed by atoms with Gasteiger partial charge in [-0.2, -0.15) is 0 Å². The molecule has 1 saturated heterocycles. The van der Waals surface area contributed by atoms with Gasteiger partial charge < -0.3 is 20.0 Å². The zero-order valence-corrected chi connectivity index (χ0v) is 26.2. The molecule has 13 heteroatoms. The lowest BCUT2D eigenvalue weighted by atomic mass is 9.81. The van der Waals surface area contributed by atoms with Crippen molar-refractivity contribution in [2.75, 3.05) is 48.7 Å². The van der Waals surface area contributed by atoms with Crippen molar-refractivity contribution in [1.82, 2.24) is 4.67 Å². The third kappa shape index (κ3) is 5.44. The third-order valence-corrected chi connectivity index (χ3v) is 11.7. The molecule has 3 aromatic rings. The van der Waals surface area contributed by atoms with Crippen LogP contribution in [0.2, 0.25) is 0 Å². The molecule has 1 fully saturated rings. The minimum Gasteiger partial charge on any atom is -0.379 e. The van der Waals surface area contributed by atoms with Gasteiger partial charge in [-0.3, -0.25) is 19.5 Å². The van der Waals surface area contributed by atoms with Gasteiger partial charge in [0.15, 0.2) is 0 Å². The van der Waals surface area contributed by atoms with Gasteiger partial charge in [-0.05, 0) is 70.9 Å². The minimum atomic E-state index is -3.75. The molecule has 2 aliphatic rings. The van der Waals surface area contributed by atoms with Gasteiger partial charge in [0.2, 0.25) is 0 Å². The maximum atomic E-state index is 15.5. The molecule has 1 amide bonds. The van der Waals surface area contributed by atoms with Crippen LogP contribution in [-0.2, 0) is 14.7 Å². The number of hydrogen-bond acceptors (Lipinski definition) is 6. The highest BCUT2D eigenvalue weighted by atomic mass is 79.9. The number of likely N-dealkylation sites (N-methyl/N-ethyl adjacent to an activating group) is 1. The molecule has 10 nitrogen and oxygen atoms in total. The van der Waals surface area contributed by atoms with E-state index in [1.54, 1.807) is 0 Å². The largest absolute Gasteiger partial charge is 0.379 e. The van der Waals surface area contributed by atoms with Gasteiger partial charge in [0.1, 0.15) is 5.82 Å². The number of ether oxygens (including phenoxy) is 1. The van der Waals surface area contributed by atoms with Crippen LogP contribution < -0.4 is 20.6 Å². The van der Waals surface area contributed by atoms with Crippen molar-refractivity contribution in [2.45, 2.75) is 32.2 Å².